The topological polar surface area (TPSA) is 95.0 Å². The number of fused-ring (bicyclic) bond motifs is 1. The third-order valence-corrected chi connectivity index (χ3v) is 6.53. The van der Waals surface area contributed by atoms with E-state index in [0.29, 0.717) is 30.9 Å². The summed E-state index contributed by atoms with van der Waals surface area (Å²) in [6.45, 7) is 5.16. The number of pyridine rings is 1. The van der Waals surface area contributed by atoms with E-state index < -0.39 is 31.0 Å². The van der Waals surface area contributed by atoms with Gasteiger partial charge in [-0.3, -0.25) is 19.5 Å². The number of nitrogens with one attached hydrogen (secondary N) is 1. The summed E-state index contributed by atoms with van der Waals surface area (Å²) in [7, 11) is 1.98. The molecule has 11 heteroatoms. The number of aliphatic hydroxyl groups is 1. The number of nitrogens with zero attached hydrogens (tertiary/aromatic N) is 3. The van der Waals surface area contributed by atoms with Crippen LogP contribution < -0.4 is 10.1 Å². The molecular formula is C27H35F3N4O4. The maximum Gasteiger partial charge on any atom is 0.389 e. The molecule has 208 valence electrons. The van der Waals surface area contributed by atoms with Crippen LogP contribution in [-0.2, 0) is 22.6 Å². The molecule has 0 aliphatic carbocycles. The maximum absolute atomic E-state index is 13.3. The Morgan fingerprint density at radius 2 is 2.00 bits per heavy atom. The fourth-order valence-corrected chi connectivity index (χ4v) is 4.38. The number of ether oxygens (including phenoxy) is 1. The van der Waals surface area contributed by atoms with Crippen LogP contribution in [0.2, 0.25) is 0 Å². The fourth-order valence-electron chi connectivity index (χ4n) is 4.38. The predicted octanol–water partition coefficient (Wildman–Crippen LogP) is 3.64. The average molecular weight is 537 g/mol. The number of amides is 2. The predicted molar refractivity (Wildman–Crippen MR) is 136 cm³/mol. The first-order chi connectivity index (χ1) is 17.9. The van der Waals surface area contributed by atoms with Gasteiger partial charge in [0.25, 0.3) is 0 Å². The van der Waals surface area contributed by atoms with Crippen LogP contribution in [0.15, 0.2) is 42.7 Å². The van der Waals surface area contributed by atoms with Gasteiger partial charge in [-0.2, -0.15) is 13.2 Å². The lowest BCUT2D eigenvalue weighted by atomic mass is 10.0. The fraction of sp³-hybridized carbons (Fsp3) is 0.519. The Labute approximate surface area is 220 Å². The Kier molecular flexibility index (Phi) is 10.1. The van der Waals surface area contributed by atoms with Crippen molar-refractivity contribution in [1.82, 2.24) is 14.8 Å². The van der Waals surface area contributed by atoms with Gasteiger partial charge in [-0.05, 0) is 49.9 Å². The average Bonchev–Trinajstić information content (AvgIpc) is 2.90. The molecule has 8 nitrogen and oxygen atoms in total. The summed E-state index contributed by atoms with van der Waals surface area (Å²) in [6, 6.07) is 8.22. The van der Waals surface area contributed by atoms with Gasteiger partial charge >= 0.3 is 6.18 Å². The lowest BCUT2D eigenvalue weighted by Crippen LogP contribution is -2.47. The van der Waals surface area contributed by atoms with Crippen molar-refractivity contribution < 1.29 is 32.6 Å². The smallest absolute Gasteiger partial charge is 0.389 e. The number of aromatic nitrogens is 1. The molecule has 0 bridgehead atoms. The van der Waals surface area contributed by atoms with Gasteiger partial charge in [-0.15, -0.1) is 0 Å². The Hall–Kier alpha value is -3.18. The van der Waals surface area contributed by atoms with Crippen molar-refractivity contribution in [2.45, 2.75) is 58.0 Å². The van der Waals surface area contributed by atoms with E-state index in [0.717, 1.165) is 5.56 Å². The molecule has 3 atom stereocenters. The summed E-state index contributed by atoms with van der Waals surface area (Å²) in [5, 5.41) is 12.3. The zero-order chi connectivity index (χ0) is 27.9. The first-order valence-corrected chi connectivity index (χ1v) is 12.6. The number of aliphatic hydroxyl groups excluding tert-OH is 1. The molecule has 2 heterocycles. The largest absolute Gasteiger partial charge is 0.488 e. The number of likely N-dealkylation sites (N-methyl/N-ethyl adjacent to an activating group) is 1. The van der Waals surface area contributed by atoms with Crippen molar-refractivity contribution in [3.8, 4) is 5.75 Å². The summed E-state index contributed by atoms with van der Waals surface area (Å²) >= 11 is 0. The summed E-state index contributed by atoms with van der Waals surface area (Å²) in [6.07, 6.45) is -3.22. The molecule has 1 aliphatic heterocycles. The highest BCUT2D eigenvalue weighted by atomic mass is 19.4. The number of anilines is 1. The molecular weight excluding hydrogens is 501 g/mol. The van der Waals surface area contributed by atoms with Crippen molar-refractivity contribution in [1.29, 1.82) is 0 Å². The molecule has 2 N–H and O–H groups in total. The van der Waals surface area contributed by atoms with Gasteiger partial charge in [-0.1, -0.05) is 6.92 Å². The van der Waals surface area contributed by atoms with E-state index in [1.807, 2.05) is 26.1 Å². The van der Waals surface area contributed by atoms with Crippen LogP contribution in [0, 0.1) is 5.92 Å². The minimum Gasteiger partial charge on any atom is -0.488 e. The zero-order valence-electron chi connectivity index (χ0n) is 21.9. The second kappa shape index (κ2) is 13.1. The van der Waals surface area contributed by atoms with Gasteiger partial charge in [0.2, 0.25) is 11.8 Å². The number of hydrogen-bond acceptors (Lipinski definition) is 6. The van der Waals surface area contributed by atoms with Crippen LogP contribution in [0.3, 0.4) is 0 Å². The van der Waals surface area contributed by atoms with E-state index in [-0.39, 0.29) is 36.6 Å². The number of hydrogen-bond donors (Lipinski definition) is 2. The van der Waals surface area contributed by atoms with Crippen LogP contribution in [0.5, 0.6) is 5.75 Å². The molecule has 0 unspecified atom stereocenters. The van der Waals surface area contributed by atoms with E-state index in [9.17, 15) is 27.9 Å². The van der Waals surface area contributed by atoms with Gasteiger partial charge in [0.15, 0.2) is 0 Å². The number of carbonyl (C=O) groups excluding carboxylic acids is 2. The third kappa shape index (κ3) is 8.70. The Morgan fingerprint density at radius 3 is 2.66 bits per heavy atom. The second-order valence-corrected chi connectivity index (χ2v) is 9.93. The van der Waals surface area contributed by atoms with Crippen LogP contribution in [0.25, 0.3) is 0 Å². The minimum absolute atomic E-state index is 0.0434. The molecule has 1 aromatic heterocycles. The van der Waals surface area contributed by atoms with Gasteiger partial charge in [0.1, 0.15) is 11.9 Å². The minimum atomic E-state index is -4.43. The van der Waals surface area contributed by atoms with Crippen LogP contribution >= 0.6 is 0 Å². The van der Waals surface area contributed by atoms with E-state index in [1.165, 1.54) is 0 Å². The number of carbonyl (C=O) groups is 2. The van der Waals surface area contributed by atoms with E-state index in [1.54, 1.807) is 42.4 Å². The molecule has 38 heavy (non-hydrogen) atoms. The molecule has 2 amide bonds. The third-order valence-electron chi connectivity index (χ3n) is 6.53. The Bertz CT molecular complexity index is 1080. The molecule has 0 radical (unpaired) electrons. The van der Waals surface area contributed by atoms with Crippen molar-refractivity contribution in [3.05, 3.63) is 53.9 Å². The second-order valence-electron chi connectivity index (χ2n) is 9.93. The first kappa shape index (κ1) is 29.4. The van der Waals surface area contributed by atoms with Crippen molar-refractivity contribution in [2.75, 3.05) is 32.1 Å². The van der Waals surface area contributed by atoms with Gasteiger partial charge < -0.3 is 20.1 Å². The van der Waals surface area contributed by atoms with Gasteiger partial charge in [0.05, 0.1) is 25.5 Å². The molecule has 1 aliphatic rings. The summed E-state index contributed by atoms with van der Waals surface area (Å²) in [4.78, 5) is 33.1. The number of rotatable bonds is 9. The molecule has 0 saturated heterocycles. The molecule has 0 fully saturated rings. The standard InChI is InChI=1S/C27H35F3N4O4/c1-18-14-34(19(2)17-35)26(37)13-21-12-22(32-25(36)6-9-27(28,29)30)4-5-23(21)38-24(18)16-33(3)15-20-7-10-31-11-8-20/h4-5,7-8,10-12,18-19,24,35H,6,9,13-17H2,1-3H3,(H,32,36)/t18-,19-,24+/m0/s1. The summed E-state index contributed by atoms with van der Waals surface area (Å²) in [5.74, 6) is -0.591. The molecule has 2 aromatic rings. The quantitative estimate of drug-likeness (QED) is 0.508. The Morgan fingerprint density at radius 1 is 1.29 bits per heavy atom. The molecule has 0 saturated carbocycles. The highest BCUT2D eigenvalue weighted by Crippen LogP contribution is 2.30. The number of benzene rings is 1. The van der Waals surface area contributed by atoms with Crippen molar-refractivity contribution in [3.63, 3.8) is 0 Å². The van der Waals surface area contributed by atoms with E-state index >= 15 is 0 Å². The van der Waals surface area contributed by atoms with Crippen LogP contribution in [0.1, 0.15) is 37.8 Å². The molecule has 3 rings (SSSR count). The Balaban J connectivity index is 1.84. The monoisotopic (exact) mass is 536 g/mol. The van der Waals surface area contributed by atoms with Gasteiger partial charge in [0, 0.05) is 55.6 Å². The first-order valence-electron chi connectivity index (χ1n) is 12.6. The zero-order valence-corrected chi connectivity index (χ0v) is 21.9. The van der Waals surface area contributed by atoms with E-state index in [4.69, 9.17) is 4.74 Å². The van der Waals surface area contributed by atoms with Crippen LogP contribution in [-0.4, -0.2) is 76.8 Å². The normalized spacial score (nSPS) is 19.2. The summed E-state index contributed by atoms with van der Waals surface area (Å²) < 4.78 is 43.9. The highest BCUT2D eigenvalue weighted by Gasteiger charge is 2.31. The summed E-state index contributed by atoms with van der Waals surface area (Å²) in [5.41, 5.74) is 1.89. The maximum atomic E-state index is 13.3. The molecule has 1 aromatic carbocycles. The number of halogens is 3. The van der Waals surface area contributed by atoms with Crippen LogP contribution in [0.4, 0.5) is 18.9 Å². The molecule has 0 spiro atoms. The lowest BCUT2D eigenvalue weighted by Gasteiger charge is -2.34. The van der Waals surface area contributed by atoms with Crippen molar-refractivity contribution >= 4 is 17.5 Å². The SMILES string of the molecule is C[C@H]1CN([C@@H](C)CO)C(=O)Cc2cc(NC(=O)CCC(F)(F)F)ccc2O[C@@H]1CN(C)Cc1ccncc1. The highest BCUT2D eigenvalue weighted by molar-refractivity contribution is 5.91. The number of alkyl halides is 3. The van der Waals surface area contributed by atoms with E-state index in [2.05, 4.69) is 15.2 Å². The lowest BCUT2D eigenvalue weighted by molar-refractivity contribution is -0.142. The van der Waals surface area contributed by atoms with Crippen molar-refractivity contribution in [2.24, 2.45) is 5.92 Å². The van der Waals surface area contributed by atoms with Gasteiger partial charge in [-0.25, -0.2) is 0 Å².